The van der Waals surface area contributed by atoms with Crippen molar-refractivity contribution in [3.63, 3.8) is 0 Å². The van der Waals surface area contributed by atoms with E-state index in [1.165, 1.54) is 5.56 Å². The van der Waals surface area contributed by atoms with Crippen LogP contribution in [-0.2, 0) is 26.5 Å². The summed E-state index contributed by atoms with van der Waals surface area (Å²) in [5.74, 6) is 1.96. The number of hydrogen-bond donors (Lipinski definition) is 0. The molecule has 0 spiro atoms. The number of benzene rings is 11. The smallest absolute Gasteiger partial charge is 0.268 e. The first kappa shape index (κ1) is 51.7. The van der Waals surface area contributed by atoms with Gasteiger partial charge in [0, 0.05) is 44.3 Å². The summed E-state index contributed by atoms with van der Waals surface area (Å²) in [7, 11) is 0. The molecule has 0 radical (unpaired) electrons. The van der Waals surface area contributed by atoms with Crippen molar-refractivity contribution in [3.05, 3.63) is 297 Å². The Hall–Kier alpha value is -9.67. The van der Waals surface area contributed by atoms with Crippen molar-refractivity contribution in [2.45, 2.75) is 26.2 Å². The Morgan fingerprint density at radius 3 is 1.46 bits per heavy atom. The molecular formula is C76H54N4OPt-2. The predicted molar refractivity (Wildman–Crippen MR) is 331 cm³/mol. The van der Waals surface area contributed by atoms with Gasteiger partial charge in [-0.2, -0.15) is 18.2 Å². The minimum Gasteiger partial charge on any atom is -0.510 e. The van der Waals surface area contributed by atoms with Gasteiger partial charge in [0.1, 0.15) is 5.82 Å². The van der Waals surface area contributed by atoms with Gasteiger partial charge >= 0.3 is 0 Å². The van der Waals surface area contributed by atoms with E-state index in [0.29, 0.717) is 11.5 Å². The van der Waals surface area contributed by atoms with Gasteiger partial charge in [-0.3, -0.25) is 4.57 Å². The molecule has 0 bridgehead atoms. The van der Waals surface area contributed by atoms with Gasteiger partial charge in [-0.15, -0.1) is 29.7 Å². The quantitative estimate of drug-likeness (QED) is 0.0956. The fourth-order valence-corrected chi connectivity index (χ4v) is 11.3. The first-order chi connectivity index (χ1) is 39.8. The third-order valence-electron chi connectivity index (χ3n) is 15.4. The topological polar surface area (TPSA) is 35.9 Å². The summed E-state index contributed by atoms with van der Waals surface area (Å²) in [6.45, 7) is 6.68. The van der Waals surface area contributed by atoms with Crippen LogP contribution in [0, 0.1) is 18.5 Å². The molecule has 3 heterocycles. The van der Waals surface area contributed by atoms with Crippen molar-refractivity contribution in [1.82, 2.24) is 14.1 Å². The molecule has 14 aromatic rings. The number of imidazole rings is 1. The fraction of sp³-hybridized carbons (Fsp3) is 0.0526. The zero-order chi connectivity index (χ0) is 54.4. The molecule has 3 aromatic heterocycles. The molecule has 5 nitrogen and oxygen atoms in total. The summed E-state index contributed by atoms with van der Waals surface area (Å²) in [4.78, 5) is 4.90. The molecule has 0 saturated heterocycles. The van der Waals surface area contributed by atoms with E-state index in [9.17, 15) is 0 Å². The van der Waals surface area contributed by atoms with Crippen LogP contribution in [0.5, 0.6) is 11.5 Å². The zero-order valence-corrected chi connectivity index (χ0v) is 47.8. The summed E-state index contributed by atoms with van der Waals surface area (Å²) >= 11 is 0. The molecule has 0 aliphatic rings. The summed E-state index contributed by atoms with van der Waals surface area (Å²) in [5.41, 5.74) is 20.2. The van der Waals surface area contributed by atoms with E-state index in [1.54, 1.807) is 0 Å². The van der Waals surface area contributed by atoms with E-state index in [2.05, 4.69) is 302 Å². The van der Waals surface area contributed by atoms with Gasteiger partial charge in [0.05, 0.1) is 16.7 Å². The molecule has 0 atom stereocenters. The predicted octanol–water partition coefficient (Wildman–Crippen LogP) is 18.9. The first-order valence-electron chi connectivity index (χ1n) is 27.5. The number of nitrogens with zero attached hydrogens (tertiary/aromatic N) is 4. The van der Waals surface area contributed by atoms with Crippen LogP contribution >= 0.6 is 0 Å². The molecule has 11 aromatic carbocycles. The van der Waals surface area contributed by atoms with Gasteiger partial charge < -0.3 is 13.9 Å². The third kappa shape index (κ3) is 9.84. The number of pyridine rings is 1. The summed E-state index contributed by atoms with van der Waals surface area (Å²) in [6.07, 6.45) is 5.83. The number of rotatable bonds is 11. The van der Waals surface area contributed by atoms with Crippen LogP contribution in [0.4, 0.5) is 0 Å². The van der Waals surface area contributed by atoms with E-state index >= 15 is 0 Å². The SMILES string of the molecule is CC(C)(C)c1ccnc(-n2c3[c-]c(Oc4[c-]c(-n5[c-][n+](-c6c(-c7cc(-c8ccccc8)cc(-c8ccccc8)c7)cccc6-c6cc(-c7ccccc7)cc(-c7ccccc7)c6)c6ccccc65)ccc4)ccc3c3ccccc32)c1.[Pt]. The van der Waals surface area contributed by atoms with Crippen molar-refractivity contribution >= 4 is 32.8 Å². The molecule has 0 aliphatic carbocycles. The molecular weight excluding hydrogens is 1180 g/mol. The van der Waals surface area contributed by atoms with Gasteiger partial charge in [0.2, 0.25) is 0 Å². The monoisotopic (exact) mass is 1230 g/mol. The number of aromatic nitrogens is 4. The molecule has 0 amide bonds. The maximum atomic E-state index is 6.78. The van der Waals surface area contributed by atoms with Crippen molar-refractivity contribution < 1.29 is 30.4 Å². The maximum absolute atomic E-state index is 6.78. The summed E-state index contributed by atoms with van der Waals surface area (Å²) in [5, 5.41) is 2.20. The van der Waals surface area contributed by atoms with Crippen LogP contribution < -0.4 is 9.30 Å². The standard InChI is InChI=1S/C76H54N4O.Pt/c1-76(2,3)62-40-41-77-74(48-62)80-70-35-17-16-32-68(70)69-39-38-65(50-73(69)80)81-64-31-20-30-63(49-64)78-51-79(72-37-19-18-36-71(72)78)75-66(60-44-56(52-22-8-4-9-23-52)42-57(45-60)53-24-10-5-11-25-53)33-21-34-67(75)61-46-58(54-26-12-6-13-27-54)43-59(47-61)55-28-14-7-15-29-55;/h4-48H,1-3H3;/q-2;. The normalized spacial score (nSPS) is 11.5. The van der Waals surface area contributed by atoms with E-state index in [1.807, 2.05) is 24.4 Å². The molecule has 0 N–H and O–H groups in total. The second kappa shape index (κ2) is 21.8. The Balaban J connectivity index is 0.00000631. The van der Waals surface area contributed by atoms with Crippen LogP contribution in [0.25, 0.3) is 117 Å². The Bertz CT molecular complexity index is 4380. The molecule has 0 saturated carbocycles. The van der Waals surface area contributed by atoms with Gasteiger partial charge in [-0.1, -0.05) is 208 Å². The van der Waals surface area contributed by atoms with E-state index in [-0.39, 0.29) is 26.5 Å². The average molecular weight is 1230 g/mol. The van der Waals surface area contributed by atoms with Crippen LogP contribution in [0.3, 0.4) is 0 Å². The van der Waals surface area contributed by atoms with Crippen molar-refractivity contribution in [1.29, 1.82) is 0 Å². The van der Waals surface area contributed by atoms with Crippen LogP contribution in [-0.4, -0.2) is 14.1 Å². The summed E-state index contributed by atoms with van der Waals surface area (Å²) in [6, 6.07) is 102. The number of hydrogen-bond acceptors (Lipinski definition) is 2. The minimum absolute atomic E-state index is 0. The number of ether oxygens (including phenoxy) is 1. The molecule has 14 rings (SSSR count). The molecule has 6 heteroatoms. The Morgan fingerprint density at radius 1 is 0.415 bits per heavy atom. The third-order valence-corrected chi connectivity index (χ3v) is 15.4. The molecule has 0 fully saturated rings. The van der Waals surface area contributed by atoms with Crippen LogP contribution in [0.15, 0.2) is 273 Å². The molecule has 0 aliphatic heterocycles. The molecule has 82 heavy (non-hydrogen) atoms. The Kier molecular flexibility index (Phi) is 13.7. The maximum Gasteiger partial charge on any atom is 0.268 e. The Morgan fingerprint density at radius 2 is 0.902 bits per heavy atom. The van der Waals surface area contributed by atoms with Gasteiger partial charge in [-0.05, 0) is 143 Å². The number of para-hydroxylation sites is 4. The largest absolute Gasteiger partial charge is 0.510 e. The average Bonchev–Trinajstić information content (AvgIpc) is 3.03. The second-order valence-electron chi connectivity index (χ2n) is 21.6. The van der Waals surface area contributed by atoms with Gasteiger partial charge in [0.25, 0.3) is 6.33 Å². The van der Waals surface area contributed by atoms with Crippen LogP contribution in [0.1, 0.15) is 26.3 Å². The van der Waals surface area contributed by atoms with Gasteiger partial charge in [-0.25, -0.2) is 4.98 Å². The van der Waals surface area contributed by atoms with Crippen molar-refractivity contribution in [2.24, 2.45) is 0 Å². The molecule has 0 unspecified atom stereocenters. The fourth-order valence-electron chi connectivity index (χ4n) is 11.3. The Labute approximate surface area is 492 Å². The van der Waals surface area contributed by atoms with Crippen molar-refractivity contribution in [3.8, 4) is 95.5 Å². The van der Waals surface area contributed by atoms with Gasteiger partial charge in [0.15, 0.2) is 0 Å². The number of fused-ring (bicyclic) bond motifs is 4. The second-order valence-corrected chi connectivity index (χ2v) is 21.6. The minimum atomic E-state index is -0.0507. The van der Waals surface area contributed by atoms with Crippen LogP contribution in [0.2, 0.25) is 0 Å². The molecule has 396 valence electrons. The van der Waals surface area contributed by atoms with E-state index in [4.69, 9.17) is 9.72 Å². The summed E-state index contributed by atoms with van der Waals surface area (Å²) < 4.78 is 13.3. The van der Waals surface area contributed by atoms with Crippen molar-refractivity contribution in [2.75, 3.05) is 0 Å². The zero-order valence-electron chi connectivity index (χ0n) is 45.5. The van der Waals surface area contributed by atoms with E-state index in [0.717, 1.165) is 117 Å². The first-order valence-corrected chi connectivity index (χ1v) is 27.5. The van der Waals surface area contributed by atoms with E-state index < -0.39 is 0 Å².